The highest BCUT2D eigenvalue weighted by molar-refractivity contribution is 8.00. The zero-order chi connectivity index (χ0) is 14.4. The molecule has 2 unspecified atom stereocenters. The van der Waals surface area contributed by atoms with Crippen molar-refractivity contribution in [3.63, 3.8) is 0 Å². The predicted molar refractivity (Wildman–Crippen MR) is 85.3 cm³/mol. The molecular formula is C13H27N3O2S2. The first kappa shape index (κ1) is 16.5. The summed E-state index contributed by atoms with van der Waals surface area (Å²) in [7, 11) is -1.44. The van der Waals surface area contributed by atoms with Gasteiger partial charge in [0.05, 0.1) is 0 Å². The normalized spacial score (nSPS) is 29.4. The molecule has 2 N–H and O–H groups in total. The maximum Gasteiger partial charge on any atom is 0.279 e. The molecule has 0 radical (unpaired) electrons. The fourth-order valence-electron chi connectivity index (χ4n) is 2.98. The fourth-order valence-corrected chi connectivity index (χ4v) is 5.84. The number of thioether (sulfide) groups is 1. The second kappa shape index (κ2) is 7.98. The van der Waals surface area contributed by atoms with Crippen LogP contribution in [0, 0.1) is 0 Å². The van der Waals surface area contributed by atoms with E-state index < -0.39 is 10.2 Å². The van der Waals surface area contributed by atoms with Crippen molar-refractivity contribution in [2.24, 2.45) is 0 Å². The molecule has 2 rings (SSSR count). The molecule has 7 heteroatoms. The van der Waals surface area contributed by atoms with Gasteiger partial charge in [0.2, 0.25) is 0 Å². The predicted octanol–water partition coefficient (Wildman–Crippen LogP) is 1.18. The van der Waals surface area contributed by atoms with E-state index in [-0.39, 0.29) is 6.04 Å². The molecule has 2 atom stereocenters. The third-order valence-corrected chi connectivity index (χ3v) is 7.12. The van der Waals surface area contributed by atoms with Gasteiger partial charge in [-0.2, -0.15) is 24.5 Å². The van der Waals surface area contributed by atoms with Crippen LogP contribution in [-0.2, 0) is 10.2 Å². The number of hydrogen-bond donors (Lipinski definition) is 2. The van der Waals surface area contributed by atoms with E-state index in [1.165, 1.54) is 18.6 Å². The quantitative estimate of drug-likeness (QED) is 0.771. The van der Waals surface area contributed by atoms with E-state index in [1.54, 1.807) is 4.31 Å². The second-order valence-corrected chi connectivity index (χ2v) is 8.78. The lowest BCUT2D eigenvalue weighted by molar-refractivity contribution is 0.246. The number of rotatable bonds is 6. The van der Waals surface area contributed by atoms with Gasteiger partial charge in [0.25, 0.3) is 10.2 Å². The first-order valence-corrected chi connectivity index (χ1v) is 10.1. The van der Waals surface area contributed by atoms with Crippen LogP contribution in [0.15, 0.2) is 0 Å². The summed E-state index contributed by atoms with van der Waals surface area (Å²) in [5.74, 6) is 1.17. The van der Waals surface area contributed by atoms with E-state index in [0.717, 1.165) is 32.2 Å². The van der Waals surface area contributed by atoms with Crippen molar-refractivity contribution in [2.75, 3.05) is 32.4 Å². The summed E-state index contributed by atoms with van der Waals surface area (Å²) in [5.41, 5.74) is 0. The Balaban J connectivity index is 1.89. The van der Waals surface area contributed by atoms with Gasteiger partial charge in [0.1, 0.15) is 0 Å². The van der Waals surface area contributed by atoms with Gasteiger partial charge in [0, 0.05) is 30.9 Å². The lowest BCUT2D eigenvalue weighted by atomic mass is 10.1. The van der Waals surface area contributed by atoms with Gasteiger partial charge in [0.15, 0.2) is 0 Å². The van der Waals surface area contributed by atoms with Crippen molar-refractivity contribution in [1.82, 2.24) is 14.3 Å². The Labute approximate surface area is 127 Å². The van der Waals surface area contributed by atoms with Crippen LogP contribution in [0.2, 0.25) is 0 Å². The minimum absolute atomic E-state index is 0.102. The fraction of sp³-hybridized carbons (Fsp3) is 1.00. The Bertz CT molecular complexity index is 381. The Kier molecular flexibility index (Phi) is 6.61. The SMILES string of the molecule is CNCC1CCCCN1S(=O)(=O)NCC1CCCCS1. The standard InChI is InChI=1S/C13H27N3O2S2/c1-14-10-12-6-2-4-8-16(12)20(17,18)15-11-13-7-3-5-9-19-13/h12-15H,2-11H2,1H3. The minimum Gasteiger partial charge on any atom is -0.318 e. The van der Waals surface area contributed by atoms with Crippen LogP contribution in [0.4, 0.5) is 0 Å². The molecule has 2 fully saturated rings. The van der Waals surface area contributed by atoms with Crippen molar-refractivity contribution < 1.29 is 8.42 Å². The molecule has 0 saturated carbocycles. The summed E-state index contributed by atoms with van der Waals surface area (Å²) in [6, 6.07) is 0.102. The summed E-state index contributed by atoms with van der Waals surface area (Å²) < 4.78 is 29.5. The number of likely N-dealkylation sites (N-methyl/N-ethyl adjacent to an activating group) is 1. The second-order valence-electron chi connectivity index (χ2n) is 5.66. The van der Waals surface area contributed by atoms with Gasteiger partial charge in [-0.05, 0) is 38.5 Å². The van der Waals surface area contributed by atoms with Gasteiger partial charge in [-0.25, -0.2) is 4.72 Å². The van der Waals surface area contributed by atoms with Crippen molar-refractivity contribution in [1.29, 1.82) is 0 Å². The third kappa shape index (κ3) is 4.59. The van der Waals surface area contributed by atoms with E-state index in [1.807, 2.05) is 18.8 Å². The summed E-state index contributed by atoms with van der Waals surface area (Å²) in [5, 5.41) is 3.56. The largest absolute Gasteiger partial charge is 0.318 e. The molecule has 20 heavy (non-hydrogen) atoms. The lowest BCUT2D eigenvalue weighted by Gasteiger charge is -2.35. The molecular weight excluding hydrogens is 294 g/mol. The van der Waals surface area contributed by atoms with Crippen molar-refractivity contribution >= 4 is 22.0 Å². The molecule has 2 aliphatic heterocycles. The Morgan fingerprint density at radius 2 is 1.95 bits per heavy atom. The Hall–Kier alpha value is 0.180. The topological polar surface area (TPSA) is 61.4 Å². The molecule has 5 nitrogen and oxygen atoms in total. The van der Waals surface area contributed by atoms with Crippen molar-refractivity contribution in [3.8, 4) is 0 Å². The molecule has 0 aliphatic carbocycles. The number of nitrogens with one attached hydrogen (secondary N) is 2. The van der Waals surface area contributed by atoms with Crippen LogP contribution in [0.3, 0.4) is 0 Å². The maximum absolute atomic E-state index is 12.5. The van der Waals surface area contributed by atoms with Crippen LogP contribution < -0.4 is 10.0 Å². The van der Waals surface area contributed by atoms with Crippen LogP contribution in [0.5, 0.6) is 0 Å². The van der Waals surface area contributed by atoms with Crippen molar-refractivity contribution in [3.05, 3.63) is 0 Å². The number of nitrogens with zero attached hydrogens (tertiary/aromatic N) is 1. The zero-order valence-corrected chi connectivity index (χ0v) is 13.9. The molecule has 0 aromatic heterocycles. The third-order valence-electron chi connectivity index (χ3n) is 4.09. The molecule has 0 aromatic carbocycles. The average molecular weight is 322 g/mol. The molecule has 0 aromatic rings. The van der Waals surface area contributed by atoms with E-state index >= 15 is 0 Å². The van der Waals surface area contributed by atoms with Gasteiger partial charge >= 0.3 is 0 Å². The molecule has 0 amide bonds. The zero-order valence-electron chi connectivity index (χ0n) is 12.3. The highest BCUT2D eigenvalue weighted by Gasteiger charge is 2.32. The monoisotopic (exact) mass is 321 g/mol. The molecule has 0 bridgehead atoms. The van der Waals surface area contributed by atoms with E-state index in [0.29, 0.717) is 18.3 Å². The molecule has 2 aliphatic rings. The molecule has 118 valence electrons. The summed E-state index contributed by atoms with van der Waals surface area (Å²) >= 11 is 1.90. The van der Waals surface area contributed by atoms with Gasteiger partial charge in [-0.3, -0.25) is 0 Å². The molecule has 2 heterocycles. The average Bonchev–Trinajstić information content (AvgIpc) is 2.47. The summed E-state index contributed by atoms with van der Waals surface area (Å²) in [6.45, 7) is 1.97. The van der Waals surface area contributed by atoms with Crippen LogP contribution in [0.25, 0.3) is 0 Å². The van der Waals surface area contributed by atoms with Gasteiger partial charge in [-0.1, -0.05) is 12.8 Å². The van der Waals surface area contributed by atoms with Gasteiger partial charge < -0.3 is 5.32 Å². The van der Waals surface area contributed by atoms with Gasteiger partial charge in [-0.15, -0.1) is 0 Å². The number of hydrogen-bond acceptors (Lipinski definition) is 4. The van der Waals surface area contributed by atoms with E-state index in [4.69, 9.17) is 0 Å². The lowest BCUT2D eigenvalue weighted by Crippen LogP contribution is -2.52. The van der Waals surface area contributed by atoms with E-state index in [2.05, 4.69) is 10.0 Å². The highest BCUT2D eigenvalue weighted by Crippen LogP contribution is 2.25. The van der Waals surface area contributed by atoms with Crippen molar-refractivity contribution in [2.45, 2.75) is 49.8 Å². The Morgan fingerprint density at radius 3 is 2.65 bits per heavy atom. The van der Waals surface area contributed by atoms with Crippen LogP contribution in [-0.4, -0.2) is 56.4 Å². The van der Waals surface area contributed by atoms with Crippen LogP contribution >= 0.6 is 11.8 Å². The first-order valence-electron chi connectivity index (χ1n) is 7.66. The summed E-state index contributed by atoms with van der Waals surface area (Å²) in [6.07, 6.45) is 6.68. The molecule has 0 spiro atoms. The Morgan fingerprint density at radius 1 is 1.15 bits per heavy atom. The highest BCUT2D eigenvalue weighted by atomic mass is 32.2. The van der Waals surface area contributed by atoms with Crippen LogP contribution in [0.1, 0.15) is 38.5 Å². The molecule has 2 saturated heterocycles. The number of piperidine rings is 1. The maximum atomic E-state index is 12.5. The summed E-state index contributed by atoms with van der Waals surface area (Å²) in [4.78, 5) is 0. The minimum atomic E-state index is -3.32. The first-order chi connectivity index (χ1) is 9.63. The van der Waals surface area contributed by atoms with E-state index in [9.17, 15) is 8.42 Å². The smallest absolute Gasteiger partial charge is 0.279 e.